The highest BCUT2D eigenvalue weighted by Gasteiger charge is 2.50. The van der Waals surface area contributed by atoms with Crippen LogP contribution < -0.4 is 0 Å². The molecular weight excluding hydrogens is 356 g/mol. The zero-order valence-corrected chi connectivity index (χ0v) is 12.1. The van der Waals surface area contributed by atoms with Gasteiger partial charge in [0.2, 0.25) is 0 Å². The maximum atomic E-state index is 5.79. The molecule has 1 aliphatic rings. The molecule has 0 saturated carbocycles. The van der Waals surface area contributed by atoms with Gasteiger partial charge in [-0.2, -0.15) is 0 Å². The van der Waals surface area contributed by atoms with Crippen molar-refractivity contribution in [3.05, 3.63) is 20.1 Å². The molecule has 0 spiro atoms. The summed E-state index contributed by atoms with van der Waals surface area (Å²) in [6.07, 6.45) is 0. The molecule has 0 aliphatic heterocycles. The van der Waals surface area contributed by atoms with Gasteiger partial charge in [0.05, 0.1) is 20.1 Å². The van der Waals surface area contributed by atoms with Crippen LogP contribution in [0.4, 0.5) is 0 Å². The summed E-state index contributed by atoms with van der Waals surface area (Å²) in [5.74, 6) is 0. The van der Waals surface area contributed by atoms with Gasteiger partial charge in [-0.05, 0) is 0 Å². The van der Waals surface area contributed by atoms with Crippen LogP contribution >= 0.6 is 92.8 Å². The molecule has 0 saturated heterocycles. The van der Waals surface area contributed by atoms with E-state index in [1.807, 2.05) is 0 Å². The Morgan fingerprint density at radius 2 is 0.643 bits per heavy atom. The van der Waals surface area contributed by atoms with Crippen LogP contribution in [0.5, 0.6) is 0 Å². The molecule has 0 unspecified atom stereocenters. The maximum absolute atomic E-state index is 5.79. The van der Waals surface area contributed by atoms with Gasteiger partial charge >= 0.3 is 0 Å². The summed E-state index contributed by atoms with van der Waals surface area (Å²) in [5, 5.41) is -0.660. The zero-order valence-electron chi connectivity index (χ0n) is 6.02. The Labute approximate surface area is 121 Å². The fraction of sp³-hybridized carbons (Fsp3) is 0.333. The van der Waals surface area contributed by atoms with E-state index in [1.54, 1.807) is 0 Å². The predicted octanol–water partition coefficient (Wildman–Crippen LogP) is 5.73. The van der Waals surface area contributed by atoms with Crippen molar-refractivity contribution in [2.24, 2.45) is 0 Å². The quantitative estimate of drug-likeness (QED) is 0.487. The topological polar surface area (TPSA) is 0 Å². The van der Waals surface area contributed by atoms with E-state index >= 15 is 0 Å². The average molecular weight is 356 g/mol. The number of alkyl halides is 4. The van der Waals surface area contributed by atoms with Crippen LogP contribution in [0.1, 0.15) is 0 Å². The maximum Gasteiger partial charge on any atom is 0.191 e. The number of hydrogen-bond donors (Lipinski definition) is 0. The standard InChI is InChI=1S/C6Cl8/c7-1-2(8)6(13,14)4(10)3(9)5(1,11)12. The van der Waals surface area contributed by atoms with Gasteiger partial charge in [-0.3, -0.25) is 0 Å². The number of rotatable bonds is 0. The Morgan fingerprint density at radius 1 is 0.500 bits per heavy atom. The minimum absolute atomic E-state index is 0.165. The molecule has 0 aromatic heterocycles. The molecule has 0 fully saturated rings. The first-order valence-corrected chi connectivity index (χ1v) is 6.04. The second kappa shape index (κ2) is 4.23. The number of halogens is 8. The minimum Gasteiger partial charge on any atom is -0.0888 e. The largest absolute Gasteiger partial charge is 0.191 e. The molecule has 0 aromatic carbocycles. The number of allylic oxidation sites excluding steroid dienone is 4. The summed E-state index contributed by atoms with van der Waals surface area (Å²) < 4.78 is -3.41. The van der Waals surface area contributed by atoms with Crippen molar-refractivity contribution in [2.75, 3.05) is 0 Å². The average Bonchev–Trinajstić information content (AvgIpc) is 2.11. The third-order valence-corrected chi connectivity index (χ3v) is 5.86. The zero-order chi connectivity index (χ0) is 11.3. The Kier molecular flexibility index (Phi) is 4.19. The monoisotopic (exact) mass is 352 g/mol. The van der Waals surface area contributed by atoms with Crippen LogP contribution in [0, 0.1) is 0 Å². The van der Waals surface area contributed by atoms with Crippen LogP contribution in [0.3, 0.4) is 0 Å². The predicted molar refractivity (Wildman–Crippen MR) is 66.3 cm³/mol. The summed E-state index contributed by atoms with van der Waals surface area (Å²) >= 11 is 46.1. The lowest BCUT2D eigenvalue weighted by Gasteiger charge is -2.32. The number of hydrogen-bond acceptors (Lipinski definition) is 0. The van der Waals surface area contributed by atoms with Crippen LogP contribution in [0.25, 0.3) is 0 Å². The van der Waals surface area contributed by atoms with Gasteiger partial charge in [-0.25, -0.2) is 0 Å². The molecule has 0 N–H and O–H groups in total. The lowest BCUT2D eigenvalue weighted by atomic mass is 10.1. The van der Waals surface area contributed by atoms with Gasteiger partial charge in [0, 0.05) is 0 Å². The first-order chi connectivity index (χ1) is 6.13. The van der Waals surface area contributed by atoms with Gasteiger partial charge in [0.1, 0.15) is 0 Å². The fourth-order valence-electron chi connectivity index (χ4n) is 0.744. The van der Waals surface area contributed by atoms with E-state index < -0.39 is 8.67 Å². The molecule has 0 nitrogen and oxygen atoms in total. The SMILES string of the molecule is ClC1=C(Cl)C(Cl)(Cl)C(Cl)=C(Cl)C1(Cl)Cl. The summed E-state index contributed by atoms with van der Waals surface area (Å²) in [5.41, 5.74) is 0. The van der Waals surface area contributed by atoms with Crippen molar-refractivity contribution in [3.63, 3.8) is 0 Å². The second-order valence-corrected chi connectivity index (χ2v) is 6.57. The van der Waals surface area contributed by atoms with Gasteiger partial charge in [0.15, 0.2) is 8.67 Å². The van der Waals surface area contributed by atoms with Crippen LogP contribution in [-0.4, -0.2) is 8.67 Å². The molecular formula is C6Cl8. The third kappa shape index (κ3) is 1.98. The van der Waals surface area contributed by atoms with E-state index in [0.29, 0.717) is 0 Å². The summed E-state index contributed by atoms with van der Waals surface area (Å²) in [7, 11) is 0. The molecule has 8 heteroatoms. The summed E-state index contributed by atoms with van der Waals surface area (Å²) in [6, 6.07) is 0. The second-order valence-electron chi connectivity index (χ2n) is 2.40. The van der Waals surface area contributed by atoms with Crippen molar-refractivity contribution in [2.45, 2.75) is 8.67 Å². The summed E-state index contributed by atoms with van der Waals surface area (Å²) in [4.78, 5) is 0. The van der Waals surface area contributed by atoms with Crippen LogP contribution in [0.15, 0.2) is 20.1 Å². The van der Waals surface area contributed by atoms with Crippen molar-refractivity contribution < 1.29 is 0 Å². The van der Waals surface area contributed by atoms with Crippen molar-refractivity contribution >= 4 is 92.8 Å². The Bertz CT molecular complexity index is 274. The lowest BCUT2D eigenvalue weighted by molar-refractivity contribution is 1.04. The van der Waals surface area contributed by atoms with Gasteiger partial charge in [0.25, 0.3) is 0 Å². The van der Waals surface area contributed by atoms with E-state index in [0.717, 1.165) is 0 Å². The molecule has 0 atom stereocenters. The molecule has 0 amide bonds. The van der Waals surface area contributed by atoms with Gasteiger partial charge < -0.3 is 0 Å². The van der Waals surface area contributed by atoms with Gasteiger partial charge in [-0.15, -0.1) is 0 Å². The molecule has 1 rings (SSSR count). The van der Waals surface area contributed by atoms with Crippen LogP contribution in [0.2, 0.25) is 0 Å². The van der Waals surface area contributed by atoms with Crippen molar-refractivity contribution in [1.29, 1.82) is 0 Å². The van der Waals surface area contributed by atoms with E-state index in [1.165, 1.54) is 0 Å². The van der Waals surface area contributed by atoms with E-state index in [2.05, 4.69) is 0 Å². The third-order valence-electron chi connectivity index (χ3n) is 1.49. The Balaban J connectivity index is 3.46. The highest BCUT2D eigenvalue weighted by atomic mass is 35.5. The van der Waals surface area contributed by atoms with Gasteiger partial charge in [-0.1, -0.05) is 92.8 Å². The highest BCUT2D eigenvalue weighted by molar-refractivity contribution is 6.70. The Hall–Kier alpha value is 1.80. The first-order valence-electron chi connectivity index (χ1n) is 3.01. The fourth-order valence-corrected chi connectivity index (χ4v) is 2.93. The van der Waals surface area contributed by atoms with E-state index in [4.69, 9.17) is 92.8 Å². The normalized spacial score (nSPS) is 25.7. The van der Waals surface area contributed by atoms with E-state index in [-0.39, 0.29) is 20.1 Å². The van der Waals surface area contributed by atoms with E-state index in [9.17, 15) is 0 Å². The highest BCUT2D eigenvalue weighted by Crippen LogP contribution is 2.58. The lowest BCUT2D eigenvalue weighted by Crippen LogP contribution is -2.29. The smallest absolute Gasteiger partial charge is 0.0888 e. The molecule has 0 heterocycles. The first kappa shape index (κ1) is 13.9. The Morgan fingerprint density at radius 3 is 0.786 bits per heavy atom. The molecule has 1 aliphatic carbocycles. The molecule has 14 heavy (non-hydrogen) atoms. The van der Waals surface area contributed by atoms with Crippen molar-refractivity contribution in [1.82, 2.24) is 0 Å². The molecule has 0 bridgehead atoms. The van der Waals surface area contributed by atoms with Crippen molar-refractivity contribution in [3.8, 4) is 0 Å². The summed E-state index contributed by atoms with van der Waals surface area (Å²) in [6.45, 7) is 0. The molecule has 0 aromatic rings. The minimum atomic E-state index is -1.70. The molecule has 80 valence electrons. The molecule has 0 radical (unpaired) electrons. The van der Waals surface area contributed by atoms with Crippen LogP contribution in [-0.2, 0) is 0 Å².